The van der Waals surface area contributed by atoms with Crippen LogP contribution in [0, 0.1) is 5.82 Å². The van der Waals surface area contributed by atoms with Crippen LogP contribution in [0.2, 0.25) is 0 Å². The van der Waals surface area contributed by atoms with Crippen molar-refractivity contribution < 1.29 is 9.50 Å². The summed E-state index contributed by atoms with van der Waals surface area (Å²) in [7, 11) is 1.97. The van der Waals surface area contributed by atoms with Gasteiger partial charge in [-0.25, -0.2) is 4.39 Å². The SMILES string of the molecule is CCC(C)(C)N(C)c1ccc(F)cc1CO. The lowest BCUT2D eigenvalue weighted by atomic mass is 9.98. The van der Waals surface area contributed by atoms with E-state index < -0.39 is 0 Å². The molecule has 0 bridgehead atoms. The second kappa shape index (κ2) is 4.83. The van der Waals surface area contributed by atoms with Gasteiger partial charge in [-0.3, -0.25) is 0 Å². The van der Waals surface area contributed by atoms with Crippen molar-refractivity contribution in [1.29, 1.82) is 0 Å². The predicted octanol–water partition coefficient (Wildman–Crippen LogP) is 2.94. The van der Waals surface area contributed by atoms with Crippen molar-refractivity contribution >= 4 is 5.69 Å². The molecule has 2 nitrogen and oxygen atoms in total. The van der Waals surface area contributed by atoms with Gasteiger partial charge >= 0.3 is 0 Å². The summed E-state index contributed by atoms with van der Waals surface area (Å²) in [6.07, 6.45) is 0.978. The lowest BCUT2D eigenvalue weighted by molar-refractivity contribution is 0.281. The lowest BCUT2D eigenvalue weighted by Crippen LogP contribution is -2.41. The number of aliphatic hydroxyl groups excluding tert-OH is 1. The smallest absolute Gasteiger partial charge is 0.123 e. The van der Waals surface area contributed by atoms with E-state index in [1.807, 2.05) is 7.05 Å². The molecule has 1 aromatic carbocycles. The quantitative estimate of drug-likeness (QED) is 0.851. The molecular weight excluding hydrogens is 205 g/mol. The molecule has 1 N–H and O–H groups in total. The van der Waals surface area contributed by atoms with Crippen LogP contribution in [0.15, 0.2) is 18.2 Å². The number of anilines is 1. The molecule has 0 aliphatic rings. The van der Waals surface area contributed by atoms with Gasteiger partial charge in [0.25, 0.3) is 0 Å². The number of halogens is 1. The van der Waals surface area contributed by atoms with Gasteiger partial charge in [0.15, 0.2) is 0 Å². The van der Waals surface area contributed by atoms with Crippen molar-refractivity contribution in [3.8, 4) is 0 Å². The fourth-order valence-corrected chi connectivity index (χ4v) is 1.57. The summed E-state index contributed by atoms with van der Waals surface area (Å²) in [5, 5.41) is 9.24. The topological polar surface area (TPSA) is 23.5 Å². The number of rotatable bonds is 4. The Bertz CT molecular complexity index is 363. The third kappa shape index (κ3) is 2.53. The Morgan fingerprint density at radius 1 is 1.38 bits per heavy atom. The zero-order chi connectivity index (χ0) is 12.3. The van der Waals surface area contributed by atoms with Crippen LogP contribution in [-0.4, -0.2) is 17.7 Å². The minimum atomic E-state index is -0.310. The summed E-state index contributed by atoms with van der Waals surface area (Å²) >= 11 is 0. The summed E-state index contributed by atoms with van der Waals surface area (Å²) in [4.78, 5) is 2.08. The number of aliphatic hydroxyl groups is 1. The van der Waals surface area contributed by atoms with Crippen molar-refractivity contribution in [2.24, 2.45) is 0 Å². The van der Waals surface area contributed by atoms with Gasteiger partial charge < -0.3 is 10.0 Å². The summed E-state index contributed by atoms with van der Waals surface area (Å²) in [6, 6.07) is 4.53. The highest BCUT2D eigenvalue weighted by molar-refractivity contribution is 5.54. The molecule has 90 valence electrons. The standard InChI is InChI=1S/C13H20FNO/c1-5-13(2,3)15(4)12-7-6-11(14)8-10(12)9-16/h6-8,16H,5,9H2,1-4H3. The predicted molar refractivity (Wildman–Crippen MR) is 65.1 cm³/mol. The highest BCUT2D eigenvalue weighted by Crippen LogP contribution is 2.28. The Labute approximate surface area is 96.7 Å². The number of hydrogen-bond acceptors (Lipinski definition) is 2. The first-order valence-corrected chi connectivity index (χ1v) is 5.55. The number of hydrogen-bond donors (Lipinski definition) is 1. The van der Waals surface area contributed by atoms with E-state index >= 15 is 0 Å². The first-order chi connectivity index (χ1) is 7.42. The molecule has 1 aromatic rings. The molecule has 0 heterocycles. The molecule has 0 amide bonds. The van der Waals surface area contributed by atoms with Gasteiger partial charge in [0.2, 0.25) is 0 Å². The first kappa shape index (κ1) is 13.0. The molecule has 1 rings (SSSR count). The van der Waals surface area contributed by atoms with Crippen LogP contribution in [-0.2, 0) is 6.61 Å². The molecular formula is C13H20FNO. The van der Waals surface area contributed by atoms with E-state index in [9.17, 15) is 9.50 Å². The Morgan fingerprint density at radius 3 is 2.50 bits per heavy atom. The van der Waals surface area contributed by atoms with Gasteiger partial charge in [0, 0.05) is 23.8 Å². The minimum Gasteiger partial charge on any atom is -0.392 e. The maximum absolute atomic E-state index is 13.0. The molecule has 0 aliphatic heterocycles. The van der Waals surface area contributed by atoms with Crippen LogP contribution in [0.4, 0.5) is 10.1 Å². The summed E-state index contributed by atoms with van der Waals surface area (Å²) < 4.78 is 13.0. The Kier molecular flexibility index (Phi) is 3.92. The largest absolute Gasteiger partial charge is 0.392 e. The van der Waals surface area contributed by atoms with Crippen LogP contribution >= 0.6 is 0 Å². The molecule has 0 atom stereocenters. The van der Waals surface area contributed by atoms with Crippen molar-refractivity contribution in [3.63, 3.8) is 0 Å². The van der Waals surface area contributed by atoms with Crippen LogP contribution < -0.4 is 4.90 Å². The van der Waals surface area contributed by atoms with Crippen LogP contribution in [0.3, 0.4) is 0 Å². The average Bonchev–Trinajstić information content (AvgIpc) is 2.27. The summed E-state index contributed by atoms with van der Waals surface area (Å²) in [5.74, 6) is -0.310. The lowest BCUT2D eigenvalue weighted by Gasteiger charge is -2.37. The first-order valence-electron chi connectivity index (χ1n) is 5.55. The third-order valence-electron chi connectivity index (χ3n) is 3.35. The molecule has 0 saturated heterocycles. The normalized spacial score (nSPS) is 11.6. The molecule has 16 heavy (non-hydrogen) atoms. The third-order valence-corrected chi connectivity index (χ3v) is 3.35. The highest BCUT2D eigenvalue weighted by atomic mass is 19.1. The highest BCUT2D eigenvalue weighted by Gasteiger charge is 2.23. The van der Waals surface area contributed by atoms with E-state index in [4.69, 9.17) is 0 Å². The van der Waals surface area contributed by atoms with E-state index in [0.29, 0.717) is 5.56 Å². The maximum atomic E-state index is 13.0. The molecule has 0 saturated carbocycles. The number of benzene rings is 1. The molecule has 0 radical (unpaired) electrons. The fourth-order valence-electron chi connectivity index (χ4n) is 1.57. The molecule has 0 fully saturated rings. The summed E-state index contributed by atoms with van der Waals surface area (Å²) in [5.41, 5.74) is 1.50. The fraction of sp³-hybridized carbons (Fsp3) is 0.538. The van der Waals surface area contributed by atoms with E-state index in [2.05, 4.69) is 25.7 Å². The van der Waals surface area contributed by atoms with Gasteiger partial charge in [0.1, 0.15) is 5.82 Å². The molecule has 0 aromatic heterocycles. The molecule has 0 unspecified atom stereocenters. The average molecular weight is 225 g/mol. The Morgan fingerprint density at radius 2 is 2.00 bits per heavy atom. The van der Waals surface area contributed by atoms with Crippen LogP contribution in [0.5, 0.6) is 0 Å². The minimum absolute atomic E-state index is 0.0122. The number of nitrogens with zero attached hydrogens (tertiary/aromatic N) is 1. The second-order valence-corrected chi connectivity index (χ2v) is 4.66. The zero-order valence-electron chi connectivity index (χ0n) is 10.4. The summed E-state index contributed by atoms with van der Waals surface area (Å²) in [6.45, 7) is 6.21. The second-order valence-electron chi connectivity index (χ2n) is 4.66. The van der Waals surface area contributed by atoms with Gasteiger partial charge in [-0.05, 0) is 38.5 Å². The maximum Gasteiger partial charge on any atom is 0.123 e. The van der Waals surface area contributed by atoms with Crippen molar-refractivity contribution in [2.75, 3.05) is 11.9 Å². The van der Waals surface area contributed by atoms with Gasteiger partial charge in [0.05, 0.1) is 6.61 Å². The molecule has 0 spiro atoms. The van der Waals surface area contributed by atoms with Crippen molar-refractivity contribution in [2.45, 2.75) is 39.3 Å². The van der Waals surface area contributed by atoms with E-state index in [0.717, 1.165) is 12.1 Å². The Hall–Kier alpha value is -1.09. The van der Waals surface area contributed by atoms with Gasteiger partial charge in [-0.15, -0.1) is 0 Å². The van der Waals surface area contributed by atoms with Crippen molar-refractivity contribution in [1.82, 2.24) is 0 Å². The monoisotopic (exact) mass is 225 g/mol. The van der Waals surface area contributed by atoms with E-state index in [-0.39, 0.29) is 18.0 Å². The van der Waals surface area contributed by atoms with Gasteiger partial charge in [-0.1, -0.05) is 6.92 Å². The van der Waals surface area contributed by atoms with Crippen molar-refractivity contribution in [3.05, 3.63) is 29.6 Å². The van der Waals surface area contributed by atoms with Gasteiger partial charge in [-0.2, -0.15) is 0 Å². The van der Waals surface area contributed by atoms with E-state index in [1.54, 1.807) is 6.07 Å². The van der Waals surface area contributed by atoms with Crippen LogP contribution in [0.25, 0.3) is 0 Å². The molecule has 0 aliphatic carbocycles. The van der Waals surface area contributed by atoms with Crippen LogP contribution in [0.1, 0.15) is 32.8 Å². The Balaban J connectivity index is 3.13. The zero-order valence-corrected chi connectivity index (χ0v) is 10.4. The molecule has 3 heteroatoms. The van der Waals surface area contributed by atoms with E-state index in [1.165, 1.54) is 12.1 Å².